The van der Waals surface area contributed by atoms with Gasteiger partial charge in [-0.25, -0.2) is 4.39 Å². The number of allylic oxidation sites excluding steroid dienone is 1. The van der Waals surface area contributed by atoms with Gasteiger partial charge >= 0.3 is 0 Å². The van der Waals surface area contributed by atoms with Gasteiger partial charge in [-0.05, 0) is 31.2 Å². The van der Waals surface area contributed by atoms with E-state index < -0.39 is 17.8 Å². The van der Waals surface area contributed by atoms with Crippen LogP contribution in [-0.2, 0) is 11.3 Å². The number of carbonyl (C=O) groups excluding carboxylic acids is 2. The standard InChI is InChI=1S/C22H21ClFN5O2S/c1-3-12-29-20(14(2)25-21(31)15-8-4-6-10-17(15)24)27-28-22(29)32-13-19(30)26-18-11-7-5-9-16(18)23/h3-11,14H,1,12-13H2,2H3,(H,25,31)(H,26,30). The first-order valence-corrected chi connectivity index (χ1v) is 11.0. The van der Waals surface area contributed by atoms with Crippen molar-refractivity contribution in [1.29, 1.82) is 0 Å². The molecular formula is C22H21ClFN5O2S. The number of amides is 2. The summed E-state index contributed by atoms with van der Waals surface area (Å²) in [6.45, 7) is 5.84. The monoisotopic (exact) mass is 473 g/mol. The SMILES string of the molecule is C=CCn1c(SCC(=O)Nc2ccccc2Cl)nnc1C(C)NC(=O)c1ccccc1F. The molecule has 2 aromatic carbocycles. The van der Waals surface area contributed by atoms with E-state index >= 15 is 0 Å². The number of nitrogens with zero attached hydrogens (tertiary/aromatic N) is 3. The van der Waals surface area contributed by atoms with E-state index in [4.69, 9.17) is 11.6 Å². The third-order valence-electron chi connectivity index (χ3n) is 4.39. The molecule has 3 rings (SSSR count). The van der Waals surface area contributed by atoms with Gasteiger partial charge in [-0.3, -0.25) is 9.59 Å². The van der Waals surface area contributed by atoms with Crippen LogP contribution in [0.25, 0.3) is 0 Å². The number of carbonyl (C=O) groups is 2. The molecule has 3 aromatic rings. The Labute approximate surface area is 194 Å². The van der Waals surface area contributed by atoms with E-state index in [0.717, 1.165) is 0 Å². The second kappa shape index (κ2) is 10.9. The molecule has 1 unspecified atom stereocenters. The van der Waals surface area contributed by atoms with Gasteiger partial charge in [0.1, 0.15) is 5.82 Å². The number of benzene rings is 2. The average molecular weight is 474 g/mol. The van der Waals surface area contributed by atoms with Crippen molar-refractivity contribution in [3.8, 4) is 0 Å². The summed E-state index contributed by atoms with van der Waals surface area (Å²) >= 11 is 7.26. The highest BCUT2D eigenvalue weighted by Crippen LogP contribution is 2.23. The summed E-state index contributed by atoms with van der Waals surface area (Å²) in [6, 6.07) is 12.1. The van der Waals surface area contributed by atoms with E-state index in [9.17, 15) is 14.0 Å². The lowest BCUT2D eigenvalue weighted by Crippen LogP contribution is -2.29. The van der Waals surface area contributed by atoms with Gasteiger partial charge in [-0.2, -0.15) is 0 Å². The number of nitrogens with one attached hydrogen (secondary N) is 2. The summed E-state index contributed by atoms with van der Waals surface area (Å²) in [5.41, 5.74) is 0.470. The molecule has 0 spiro atoms. The lowest BCUT2D eigenvalue weighted by atomic mass is 10.2. The fraction of sp³-hybridized carbons (Fsp3) is 0.182. The quantitative estimate of drug-likeness (QED) is 0.353. The van der Waals surface area contributed by atoms with Crippen LogP contribution in [-0.4, -0.2) is 32.3 Å². The highest BCUT2D eigenvalue weighted by atomic mass is 35.5. The molecule has 0 fully saturated rings. The fourth-order valence-electron chi connectivity index (χ4n) is 2.89. The van der Waals surface area contributed by atoms with Crippen LogP contribution in [0.15, 0.2) is 66.3 Å². The van der Waals surface area contributed by atoms with Crippen LogP contribution in [0.5, 0.6) is 0 Å². The number of thioether (sulfide) groups is 1. The molecule has 2 amide bonds. The maximum absolute atomic E-state index is 13.9. The molecule has 0 saturated carbocycles. The maximum Gasteiger partial charge on any atom is 0.254 e. The van der Waals surface area contributed by atoms with Crippen molar-refractivity contribution >= 4 is 40.9 Å². The zero-order chi connectivity index (χ0) is 23.1. The van der Waals surface area contributed by atoms with Crippen LogP contribution in [0.3, 0.4) is 0 Å². The van der Waals surface area contributed by atoms with Gasteiger partial charge in [0.15, 0.2) is 11.0 Å². The van der Waals surface area contributed by atoms with Crippen molar-refractivity contribution in [2.24, 2.45) is 0 Å². The highest BCUT2D eigenvalue weighted by molar-refractivity contribution is 7.99. The Morgan fingerprint density at radius 3 is 2.66 bits per heavy atom. The predicted molar refractivity (Wildman–Crippen MR) is 123 cm³/mol. The van der Waals surface area contributed by atoms with Crippen molar-refractivity contribution in [2.45, 2.75) is 24.7 Å². The van der Waals surface area contributed by atoms with Gasteiger partial charge in [0.05, 0.1) is 28.1 Å². The molecule has 1 heterocycles. The van der Waals surface area contributed by atoms with Crippen LogP contribution in [0.1, 0.15) is 29.1 Å². The largest absolute Gasteiger partial charge is 0.342 e. The van der Waals surface area contributed by atoms with Crippen molar-refractivity contribution in [2.75, 3.05) is 11.1 Å². The summed E-state index contributed by atoms with van der Waals surface area (Å²) in [4.78, 5) is 24.8. The Kier molecular flexibility index (Phi) is 8.02. The van der Waals surface area contributed by atoms with Gasteiger partial charge in [0.2, 0.25) is 5.91 Å². The first-order chi connectivity index (χ1) is 15.4. The number of hydrogen-bond acceptors (Lipinski definition) is 5. The van der Waals surface area contributed by atoms with Crippen molar-refractivity contribution in [3.63, 3.8) is 0 Å². The second-order valence-electron chi connectivity index (χ2n) is 6.73. The highest BCUT2D eigenvalue weighted by Gasteiger charge is 2.21. The van der Waals surface area contributed by atoms with E-state index in [2.05, 4.69) is 27.4 Å². The molecular weight excluding hydrogens is 453 g/mol. The van der Waals surface area contributed by atoms with E-state index in [1.807, 2.05) is 0 Å². The van der Waals surface area contributed by atoms with Gasteiger partial charge in [0, 0.05) is 6.54 Å². The summed E-state index contributed by atoms with van der Waals surface area (Å²) in [5, 5.41) is 14.7. The van der Waals surface area contributed by atoms with Crippen LogP contribution in [0.2, 0.25) is 5.02 Å². The number of hydrogen-bond donors (Lipinski definition) is 2. The summed E-state index contributed by atoms with van der Waals surface area (Å²) in [5.74, 6) is -0.874. The molecule has 166 valence electrons. The van der Waals surface area contributed by atoms with Crippen LogP contribution < -0.4 is 10.6 Å². The molecule has 1 atom stereocenters. The predicted octanol–water partition coefficient (Wildman–Crippen LogP) is 4.48. The van der Waals surface area contributed by atoms with E-state index in [1.165, 1.54) is 30.0 Å². The summed E-state index contributed by atoms with van der Waals surface area (Å²) in [6.07, 6.45) is 1.66. The van der Waals surface area contributed by atoms with Gasteiger partial charge in [-0.15, -0.1) is 16.8 Å². The molecule has 0 radical (unpaired) electrons. The Morgan fingerprint density at radius 1 is 1.22 bits per heavy atom. The third-order valence-corrected chi connectivity index (χ3v) is 5.69. The van der Waals surface area contributed by atoms with Gasteiger partial charge in [0.25, 0.3) is 5.91 Å². The minimum absolute atomic E-state index is 0.0556. The summed E-state index contributed by atoms with van der Waals surface area (Å²) in [7, 11) is 0. The van der Waals surface area contributed by atoms with Crippen molar-refractivity contribution in [1.82, 2.24) is 20.1 Å². The van der Waals surface area contributed by atoms with Gasteiger partial charge in [-0.1, -0.05) is 53.7 Å². The smallest absolute Gasteiger partial charge is 0.254 e. The maximum atomic E-state index is 13.9. The Morgan fingerprint density at radius 2 is 1.94 bits per heavy atom. The van der Waals surface area contributed by atoms with E-state index in [1.54, 1.807) is 47.9 Å². The van der Waals surface area contributed by atoms with Crippen LogP contribution in [0, 0.1) is 5.82 Å². The van der Waals surface area contributed by atoms with Crippen LogP contribution >= 0.6 is 23.4 Å². The fourth-order valence-corrected chi connectivity index (χ4v) is 3.83. The lowest BCUT2D eigenvalue weighted by molar-refractivity contribution is -0.113. The molecule has 32 heavy (non-hydrogen) atoms. The molecule has 2 N–H and O–H groups in total. The Balaban J connectivity index is 1.68. The Hall–Kier alpha value is -3.17. The second-order valence-corrected chi connectivity index (χ2v) is 8.08. The first-order valence-electron chi connectivity index (χ1n) is 9.67. The molecule has 0 saturated heterocycles. The number of rotatable bonds is 9. The van der Waals surface area contributed by atoms with E-state index in [-0.39, 0.29) is 17.2 Å². The van der Waals surface area contributed by atoms with Crippen molar-refractivity contribution < 1.29 is 14.0 Å². The first kappa shape index (κ1) is 23.5. The topological polar surface area (TPSA) is 88.9 Å². The normalized spacial score (nSPS) is 11.6. The van der Waals surface area contributed by atoms with Crippen molar-refractivity contribution in [3.05, 3.63) is 83.4 Å². The number of para-hydroxylation sites is 1. The molecule has 0 bridgehead atoms. The molecule has 0 aliphatic heterocycles. The van der Waals surface area contributed by atoms with Gasteiger partial charge < -0.3 is 15.2 Å². The number of anilines is 1. The summed E-state index contributed by atoms with van der Waals surface area (Å²) < 4.78 is 15.6. The molecule has 1 aromatic heterocycles. The molecule has 0 aliphatic rings. The molecule has 7 nitrogen and oxygen atoms in total. The molecule has 10 heteroatoms. The zero-order valence-electron chi connectivity index (χ0n) is 17.2. The Bertz CT molecular complexity index is 1140. The minimum atomic E-state index is -0.606. The molecule has 0 aliphatic carbocycles. The third kappa shape index (κ3) is 5.74. The lowest BCUT2D eigenvalue weighted by Gasteiger charge is -2.15. The number of aromatic nitrogens is 3. The minimum Gasteiger partial charge on any atom is -0.342 e. The van der Waals surface area contributed by atoms with Crippen LogP contribution in [0.4, 0.5) is 10.1 Å². The zero-order valence-corrected chi connectivity index (χ0v) is 18.8. The van der Waals surface area contributed by atoms with E-state index in [0.29, 0.717) is 28.2 Å². The average Bonchev–Trinajstić information content (AvgIpc) is 3.17. The number of halogens is 2.